The van der Waals surface area contributed by atoms with Crippen molar-refractivity contribution in [3.05, 3.63) is 71.8 Å². The van der Waals surface area contributed by atoms with Gasteiger partial charge in [-0.1, -0.05) is 51.1 Å². The van der Waals surface area contributed by atoms with Crippen LogP contribution in [-0.2, 0) is 16.8 Å². The van der Waals surface area contributed by atoms with Crippen LogP contribution in [0.1, 0.15) is 55.4 Å². The maximum Gasteiger partial charge on any atom is 0.220 e. The van der Waals surface area contributed by atoms with Crippen LogP contribution in [0.25, 0.3) is 5.52 Å². The van der Waals surface area contributed by atoms with Crippen LogP contribution in [0.3, 0.4) is 0 Å². The van der Waals surface area contributed by atoms with E-state index in [0.717, 1.165) is 11.3 Å². The van der Waals surface area contributed by atoms with Gasteiger partial charge in [-0.2, -0.15) is 0 Å². The molecule has 0 spiro atoms. The lowest BCUT2D eigenvalue weighted by Crippen LogP contribution is -2.24. The van der Waals surface area contributed by atoms with Gasteiger partial charge in [0, 0.05) is 24.6 Å². The molecule has 27 heavy (non-hydrogen) atoms. The molecule has 0 aliphatic carbocycles. The number of imidazole rings is 1. The summed E-state index contributed by atoms with van der Waals surface area (Å²) in [5.74, 6) is 0.599. The Kier molecular flexibility index (Phi) is 5.40. The third kappa shape index (κ3) is 4.61. The lowest BCUT2D eigenvalue weighted by Gasteiger charge is -2.18. The van der Waals surface area contributed by atoms with Crippen LogP contribution in [0, 0.1) is 0 Å². The molecule has 0 fully saturated rings. The van der Waals surface area contributed by atoms with E-state index in [1.54, 1.807) is 6.20 Å². The third-order valence-electron chi connectivity index (χ3n) is 4.61. The summed E-state index contributed by atoms with van der Waals surface area (Å²) in [6.07, 6.45) is 4.05. The lowest BCUT2D eigenvalue weighted by molar-refractivity contribution is -0.121. The highest BCUT2D eigenvalue weighted by atomic mass is 16.2. The molecular weight excluding hydrogens is 338 g/mol. The third-order valence-corrected chi connectivity index (χ3v) is 4.61. The number of rotatable bonds is 6. The Morgan fingerprint density at radius 1 is 1.04 bits per heavy atom. The zero-order valence-corrected chi connectivity index (χ0v) is 16.0. The summed E-state index contributed by atoms with van der Waals surface area (Å²) in [5.41, 5.74) is 2.87. The first-order chi connectivity index (χ1) is 12.8. The van der Waals surface area contributed by atoms with Crippen LogP contribution in [-0.4, -0.2) is 21.1 Å². The standard InChI is InChI=1S/C22H25N3O2/c1-22(2,3)17-9-7-16(8-10-17)19(26)11-12-21(27)24-15-20-23-14-18-6-4-5-13-25(18)20/h4-10,13-14H,11-12,15H2,1-3H3,(H,24,27). The van der Waals surface area contributed by atoms with Crippen molar-refractivity contribution in [1.82, 2.24) is 14.7 Å². The van der Waals surface area contributed by atoms with Gasteiger partial charge in [-0.15, -0.1) is 0 Å². The van der Waals surface area contributed by atoms with Crippen LogP contribution >= 0.6 is 0 Å². The molecule has 0 unspecified atom stereocenters. The molecule has 0 bridgehead atoms. The molecule has 3 rings (SSSR count). The van der Waals surface area contributed by atoms with Crippen molar-refractivity contribution in [1.29, 1.82) is 0 Å². The Labute approximate surface area is 159 Å². The number of carbonyl (C=O) groups excluding carboxylic acids is 2. The van der Waals surface area contributed by atoms with Crippen LogP contribution in [0.15, 0.2) is 54.9 Å². The quantitative estimate of drug-likeness (QED) is 0.675. The van der Waals surface area contributed by atoms with Gasteiger partial charge >= 0.3 is 0 Å². The summed E-state index contributed by atoms with van der Waals surface area (Å²) in [7, 11) is 0. The average Bonchev–Trinajstić information content (AvgIpc) is 3.07. The van der Waals surface area contributed by atoms with E-state index in [9.17, 15) is 9.59 Å². The fraction of sp³-hybridized carbons (Fsp3) is 0.318. The number of ketones is 1. The summed E-state index contributed by atoms with van der Waals surface area (Å²) in [4.78, 5) is 28.7. The molecule has 0 aliphatic heterocycles. The van der Waals surface area contributed by atoms with Crippen molar-refractivity contribution in [2.45, 2.75) is 45.6 Å². The largest absolute Gasteiger partial charge is 0.349 e. The number of amides is 1. The highest BCUT2D eigenvalue weighted by molar-refractivity contribution is 5.98. The van der Waals surface area contributed by atoms with Crippen molar-refractivity contribution in [3.8, 4) is 0 Å². The van der Waals surface area contributed by atoms with E-state index in [1.807, 2.05) is 53.1 Å². The number of aromatic nitrogens is 2. The highest BCUT2D eigenvalue weighted by Crippen LogP contribution is 2.22. The summed E-state index contributed by atoms with van der Waals surface area (Å²) in [6.45, 7) is 6.75. The second kappa shape index (κ2) is 7.74. The molecule has 1 aromatic carbocycles. The summed E-state index contributed by atoms with van der Waals surface area (Å²) >= 11 is 0. The van der Waals surface area contributed by atoms with Crippen molar-refractivity contribution < 1.29 is 9.59 Å². The lowest BCUT2D eigenvalue weighted by atomic mass is 9.86. The van der Waals surface area contributed by atoms with Crippen LogP contribution in [0.4, 0.5) is 0 Å². The molecule has 0 aliphatic rings. The molecule has 1 N–H and O–H groups in total. The maximum atomic E-state index is 12.3. The normalized spacial score (nSPS) is 11.5. The van der Waals surface area contributed by atoms with E-state index < -0.39 is 0 Å². The van der Waals surface area contributed by atoms with Gasteiger partial charge in [-0.3, -0.25) is 9.59 Å². The average molecular weight is 363 g/mol. The minimum Gasteiger partial charge on any atom is -0.349 e. The summed E-state index contributed by atoms with van der Waals surface area (Å²) in [5, 5.41) is 2.84. The first kappa shape index (κ1) is 18.8. The molecule has 2 heterocycles. The van der Waals surface area contributed by atoms with Crippen LogP contribution in [0.5, 0.6) is 0 Å². The Morgan fingerprint density at radius 3 is 2.48 bits per heavy atom. The smallest absolute Gasteiger partial charge is 0.220 e. The van der Waals surface area contributed by atoms with E-state index >= 15 is 0 Å². The number of Topliss-reactive ketones (excluding diaryl/α,β-unsaturated/α-hetero) is 1. The van der Waals surface area contributed by atoms with Gasteiger partial charge in [0.2, 0.25) is 5.91 Å². The molecule has 1 amide bonds. The number of fused-ring (bicyclic) bond motifs is 1. The molecule has 0 atom stereocenters. The monoisotopic (exact) mass is 363 g/mol. The molecule has 3 aromatic rings. The van der Waals surface area contributed by atoms with E-state index in [0.29, 0.717) is 12.1 Å². The Hall–Kier alpha value is -2.95. The minimum atomic E-state index is -0.151. The maximum absolute atomic E-state index is 12.3. The topological polar surface area (TPSA) is 63.5 Å². The molecule has 0 saturated heterocycles. The number of nitrogens with one attached hydrogen (secondary N) is 1. The second-order valence-corrected chi connectivity index (χ2v) is 7.70. The highest BCUT2D eigenvalue weighted by Gasteiger charge is 2.15. The Bertz CT molecular complexity index is 950. The van der Waals surface area contributed by atoms with Gasteiger partial charge in [0.05, 0.1) is 18.3 Å². The predicted octanol–water partition coefficient (Wildman–Crippen LogP) is 3.91. The van der Waals surface area contributed by atoms with Crippen molar-refractivity contribution >= 4 is 17.2 Å². The number of hydrogen-bond donors (Lipinski definition) is 1. The molecule has 0 radical (unpaired) electrons. The van der Waals surface area contributed by atoms with E-state index in [-0.39, 0.29) is 29.9 Å². The van der Waals surface area contributed by atoms with Gasteiger partial charge in [0.25, 0.3) is 0 Å². The molecule has 0 saturated carbocycles. The fourth-order valence-corrected chi connectivity index (χ4v) is 2.92. The van der Waals surface area contributed by atoms with Crippen molar-refractivity contribution in [2.24, 2.45) is 0 Å². The first-order valence-electron chi connectivity index (χ1n) is 9.16. The Balaban J connectivity index is 1.50. The molecule has 140 valence electrons. The van der Waals surface area contributed by atoms with E-state index in [4.69, 9.17) is 0 Å². The predicted molar refractivity (Wildman–Crippen MR) is 106 cm³/mol. The van der Waals surface area contributed by atoms with Gasteiger partial charge in [0.15, 0.2) is 5.78 Å². The number of hydrogen-bond acceptors (Lipinski definition) is 3. The minimum absolute atomic E-state index is 0.0168. The number of pyridine rings is 1. The molecule has 5 nitrogen and oxygen atoms in total. The van der Waals surface area contributed by atoms with Gasteiger partial charge in [-0.25, -0.2) is 4.98 Å². The van der Waals surface area contributed by atoms with Gasteiger partial charge in [-0.05, 0) is 23.1 Å². The fourth-order valence-electron chi connectivity index (χ4n) is 2.92. The van der Waals surface area contributed by atoms with Gasteiger partial charge < -0.3 is 9.72 Å². The molecule has 2 aromatic heterocycles. The summed E-state index contributed by atoms with van der Waals surface area (Å²) in [6, 6.07) is 13.5. The van der Waals surface area contributed by atoms with E-state index in [2.05, 4.69) is 31.1 Å². The SMILES string of the molecule is CC(C)(C)c1ccc(C(=O)CCC(=O)NCc2ncc3ccccn23)cc1. The summed E-state index contributed by atoms with van der Waals surface area (Å²) < 4.78 is 1.93. The molecule has 5 heteroatoms. The van der Waals surface area contributed by atoms with E-state index in [1.165, 1.54) is 5.56 Å². The Morgan fingerprint density at radius 2 is 1.78 bits per heavy atom. The van der Waals surface area contributed by atoms with Crippen LogP contribution in [0.2, 0.25) is 0 Å². The zero-order chi connectivity index (χ0) is 19.4. The first-order valence-corrected chi connectivity index (χ1v) is 9.16. The van der Waals surface area contributed by atoms with Gasteiger partial charge in [0.1, 0.15) is 5.82 Å². The zero-order valence-electron chi connectivity index (χ0n) is 16.0. The number of carbonyl (C=O) groups is 2. The number of benzene rings is 1. The molecular formula is C22H25N3O2. The number of nitrogens with zero attached hydrogens (tertiary/aromatic N) is 2. The van der Waals surface area contributed by atoms with Crippen molar-refractivity contribution in [3.63, 3.8) is 0 Å². The second-order valence-electron chi connectivity index (χ2n) is 7.70. The van der Waals surface area contributed by atoms with Crippen molar-refractivity contribution in [2.75, 3.05) is 0 Å². The van der Waals surface area contributed by atoms with Crippen LogP contribution < -0.4 is 5.32 Å².